The van der Waals surface area contributed by atoms with Crippen molar-refractivity contribution in [2.75, 3.05) is 6.61 Å². The number of benzene rings is 2. The van der Waals surface area contributed by atoms with Crippen molar-refractivity contribution in [3.05, 3.63) is 59.4 Å². The van der Waals surface area contributed by atoms with Gasteiger partial charge in [0.15, 0.2) is 11.6 Å². The smallest absolute Gasteiger partial charge is 0.183 e. The summed E-state index contributed by atoms with van der Waals surface area (Å²) >= 11 is 0. The molecule has 0 saturated carbocycles. The molecule has 1 aliphatic rings. The highest BCUT2D eigenvalue weighted by Gasteiger charge is 2.15. The number of ether oxygens (including phenoxy) is 1. The highest BCUT2D eigenvalue weighted by atomic mass is 19.1. The molecule has 0 aliphatic heterocycles. The molecule has 0 heterocycles. The van der Waals surface area contributed by atoms with E-state index in [1.54, 1.807) is 19.1 Å². The van der Waals surface area contributed by atoms with Crippen LogP contribution >= 0.6 is 0 Å². The normalized spacial score (nSPS) is 14.0. The average molecular weight is 321 g/mol. The van der Waals surface area contributed by atoms with Crippen LogP contribution in [-0.4, -0.2) is 6.61 Å². The molecule has 0 saturated heterocycles. The van der Waals surface area contributed by atoms with Gasteiger partial charge in [0.2, 0.25) is 0 Å². The largest absolute Gasteiger partial charge is 0.491 e. The number of nitrogens with zero attached hydrogens (tertiary/aromatic N) is 1. The van der Waals surface area contributed by atoms with Gasteiger partial charge in [-0.1, -0.05) is 30.3 Å². The molecular formula is C21H20FNO. The maximum Gasteiger partial charge on any atom is 0.183 e. The minimum Gasteiger partial charge on any atom is -0.491 e. The van der Waals surface area contributed by atoms with Crippen LogP contribution in [0, 0.1) is 17.1 Å². The van der Waals surface area contributed by atoms with E-state index in [0.29, 0.717) is 12.2 Å². The zero-order valence-electron chi connectivity index (χ0n) is 13.8. The Morgan fingerprint density at radius 3 is 2.46 bits per heavy atom. The standard InChI is InChI=1S/C21H20FNO/c1-2-24-20-13-12-18(19(14-23)21(20)22)17-10-8-16(9-11-17)15-6-4-3-5-7-15/h6,8-13H,2-5,7H2,1H3. The second-order valence-corrected chi connectivity index (χ2v) is 5.90. The molecule has 3 heteroatoms. The minimum atomic E-state index is -0.587. The van der Waals surface area contributed by atoms with E-state index in [-0.39, 0.29) is 11.3 Å². The Labute approximate surface area is 142 Å². The van der Waals surface area contributed by atoms with Crippen molar-refractivity contribution in [1.29, 1.82) is 5.26 Å². The molecule has 0 amide bonds. The summed E-state index contributed by atoms with van der Waals surface area (Å²) in [5, 5.41) is 9.36. The van der Waals surface area contributed by atoms with Gasteiger partial charge in [-0.25, -0.2) is 4.39 Å². The Hall–Kier alpha value is -2.60. The predicted octanol–water partition coefficient (Wildman–Crippen LogP) is 5.72. The lowest BCUT2D eigenvalue weighted by molar-refractivity contribution is 0.321. The van der Waals surface area contributed by atoms with Crippen LogP contribution in [0.1, 0.15) is 43.7 Å². The molecule has 2 aromatic rings. The zero-order chi connectivity index (χ0) is 16.9. The van der Waals surface area contributed by atoms with E-state index < -0.39 is 5.82 Å². The van der Waals surface area contributed by atoms with Gasteiger partial charge in [-0.3, -0.25) is 0 Å². The first-order valence-corrected chi connectivity index (χ1v) is 8.40. The Balaban J connectivity index is 1.96. The Kier molecular flexibility index (Phi) is 4.96. The quantitative estimate of drug-likeness (QED) is 0.721. The highest BCUT2D eigenvalue weighted by Crippen LogP contribution is 2.33. The van der Waals surface area contributed by atoms with Crippen molar-refractivity contribution in [2.24, 2.45) is 0 Å². The van der Waals surface area contributed by atoms with Gasteiger partial charge in [0.05, 0.1) is 12.2 Å². The molecule has 2 aromatic carbocycles. The number of hydrogen-bond donors (Lipinski definition) is 0. The molecule has 1 aliphatic carbocycles. The molecular weight excluding hydrogens is 301 g/mol. The Morgan fingerprint density at radius 2 is 1.83 bits per heavy atom. The fraction of sp³-hybridized carbons (Fsp3) is 0.286. The Morgan fingerprint density at radius 1 is 1.08 bits per heavy atom. The van der Waals surface area contributed by atoms with Gasteiger partial charge >= 0.3 is 0 Å². The lowest BCUT2D eigenvalue weighted by Gasteiger charge is -2.14. The summed E-state index contributed by atoms with van der Waals surface area (Å²) < 4.78 is 19.7. The molecule has 0 atom stereocenters. The summed E-state index contributed by atoms with van der Waals surface area (Å²) in [5.74, 6) is -0.460. The lowest BCUT2D eigenvalue weighted by atomic mass is 9.92. The number of halogens is 1. The van der Waals surface area contributed by atoms with E-state index in [0.717, 1.165) is 18.4 Å². The van der Waals surface area contributed by atoms with Crippen molar-refractivity contribution >= 4 is 5.57 Å². The maximum atomic E-state index is 14.4. The van der Waals surface area contributed by atoms with Crippen LogP contribution in [0.2, 0.25) is 0 Å². The van der Waals surface area contributed by atoms with Gasteiger partial charge in [0, 0.05) is 5.56 Å². The molecule has 3 rings (SSSR count). The fourth-order valence-corrected chi connectivity index (χ4v) is 3.14. The maximum absolute atomic E-state index is 14.4. The van der Waals surface area contributed by atoms with Crippen molar-refractivity contribution < 1.29 is 9.13 Å². The minimum absolute atomic E-state index is 0.0329. The molecule has 0 unspecified atom stereocenters. The third-order valence-corrected chi connectivity index (χ3v) is 4.38. The lowest BCUT2D eigenvalue weighted by Crippen LogP contribution is -1.98. The van der Waals surface area contributed by atoms with Crippen LogP contribution in [0.4, 0.5) is 4.39 Å². The fourth-order valence-electron chi connectivity index (χ4n) is 3.14. The van der Waals surface area contributed by atoms with Gasteiger partial charge in [-0.15, -0.1) is 0 Å². The first kappa shape index (κ1) is 16.3. The first-order chi connectivity index (χ1) is 11.7. The van der Waals surface area contributed by atoms with Crippen molar-refractivity contribution in [2.45, 2.75) is 32.6 Å². The molecule has 0 aromatic heterocycles. The number of nitriles is 1. The van der Waals surface area contributed by atoms with E-state index in [2.05, 4.69) is 18.2 Å². The van der Waals surface area contributed by atoms with E-state index in [1.165, 1.54) is 24.0 Å². The molecule has 0 N–H and O–H groups in total. The van der Waals surface area contributed by atoms with Gasteiger partial charge in [-0.2, -0.15) is 5.26 Å². The van der Waals surface area contributed by atoms with E-state index in [9.17, 15) is 9.65 Å². The van der Waals surface area contributed by atoms with Crippen molar-refractivity contribution in [3.63, 3.8) is 0 Å². The topological polar surface area (TPSA) is 33.0 Å². The molecule has 24 heavy (non-hydrogen) atoms. The van der Waals surface area contributed by atoms with Gasteiger partial charge in [0.1, 0.15) is 6.07 Å². The molecule has 0 spiro atoms. The summed E-state index contributed by atoms with van der Waals surface area (Å²) in [6.07, 6.45) is 7.05. The first-order valence-electron chi connectivity index (χ1n) is 8.40. The summed E-state index contributed by atoms with van der Waals surface area (Å²) in [6.45, 7) is 2.16. The SMILES string of the molecule is CCOc1ccc(-c2ccc(C3=CCCCC3)cc2)c(C#N)c1F. The summed E-state index contributed by atoms with van der Waals surface area (Å²) in [7, 11) is 0. The predicted molar refractivity (Wildman–Crippen MR) is 94.2 cm³/mol. The average Bonchev–Trinajstić information content (AvgIpc) is 2.64. The number of allylic oxidation sites excluding steroid dienone is 2. The van der Waals surface area contributed by atoms with Crippen molar-refractivity contribution in [3.8, 4) is 22.9 Å². The molecule has 122 valence electrons. The summed E-state index contributed by atoms with van der Waals surface area (Å²) in [6, 6.07) is 13.3. The molecule has 2 nitrogen and oxygen atoms in total. The highest BCUT2D eigenvalue weighted by molar-refractivity contribution is 5.75. The molecule has 0 bridgehead atoms. The molecule has 0 radical (unpaired) electrons. The van der Waals surface area contributed by atoms with Gasteiger partial charge in [-0.05, 0) is 61.4 Å². The second-order valence-electron chi connectivity index (χ2n) is 5.90. The van der Waals surface area contributed by atoms with Crippen LogP contribution in [0.5, 0.6) is 5.75 Å². The third-order valence-electron chi connectivity index (χ3n) is 4.38. The van der Waals surface area contributed by atoms with E-state index in [4.69, 9.17) is 4.74 Å². The van der Waals surface area contributed by atoms with Gasteiger partial charge < -0.3 is 4.74 Å². The van der Waals surface area contributed by atoms with E-state index in [1.807, 2.05) is 18.2 Å². The molecule has 0 fully saturated rings. The zero-order valence-corrected chi connectivity index (χ0v) is 13.8. The second kappa shape index (κ2) is 7.31. The summed E-state index contributed by atoms with van der Waals surface area (Å²) in [4.78, 5) is 0. The van der Waals surface area contributed by atoms with Gasteiger partial charge in [0.25, 0.3) is 0 Å². The van der Waals surface area contributed by atoms with Crippen LogP contribution < -0.4 is 4.74 Å². The van der Waals surface area contributed by atoms with Crippen LogP contribution in [0.3, 0.4) is 0 Å². The van der Waals surface area contributed by atoms with Crippen LogP contribution in [0.15, 0.2) is 42.5 Å². The third kappa shape index (κ3) is 3.19. The monoisotopic (exact) mass is 321 g/mol. The van der Waals surface area contributed by atoms with Crippen LogP contribution in [-0.2, 0) is 0 Å². The summed E-state index contributed by atoms with van der Waals surface area (Å²) in [5.41, 5.74) is 4.07. The van der Waals surface area contributed by atoms with Crippen molar-refractivity contribution in [1.82, 2.24) is 0 Å². The number of hydrogen-bond acceptors (Lipinski definition) is 2. The van der Waals surface area contributed by atoms with Crippen LogP contribution in [0.25, 0.3) is 16.7 Å². The number of rotatable bonds is 4. The van der Waals surface area contributed by atoms with E-state index >= 15 is 0 Å². The Bertz CT molecular complexity index is 800.